The van der Waals surface area contributed by atoms with E-state index in [4.69, 9.17) is 23.2 Å². The van der Waals surface area contributed by atoms with Crippen LogP contribution in [-0.2, 0) is 0 Å². The summed E-state index contributed by atoms with van der Waals surface area (Å²) >= 11 is 12.0. The molecule has 8 heteroatoms. The van der Waals surface area contributed by atoms with Crippen LogP contribution in [0.5, 0.6) is 0 Å². The molecule has 0 unspecified atom stereocenters. The number of rotatable bonds is 3. The van der Waals surface area contributed by atoms with Crippen LogP contribution in [0.15, 0.2) is 55.2 Å². The van der Waals surface area contributed by atoms with Gasteiger partial charge in [0.15, 0.2) is 5.82 Å². The van der Waals surface area contributed by atoms with Crippen LogP contribution >= 0.6 is 23.2 Å². The average molecular weight is 357 g/mol. The van der Waals surface area contributed by atoms with Crippen LogP contribution in [0.4, 0.5) is 11.5 Å². The first-order valence-electron chi connectivity index (χ1n) is 7.03. The zero-order valence-corrected chi connectivity index (χ0v) is 13.7. The molecule has 118 valence electrons. The number of nitrogens with one attached hydrogen (secondary N) is 1. The van der Waals surface area contributed by atoms with Crippen molar-refractivity contribution >= 4 is 45.6 Å². The Balaban J connectivity index is 1.68. The molecule has 0 atom stereocenters. The number of aromatic nitrogens is 5. The predicted molar refractivity (Wildman–Crippen MR) is 94.2 cm³/mol. The average Bonchev–Trinajstić information content (AvgIpc) is 3.03. The Hall–Kier alpha value is -2.70. The van der Waals surface area contributed by atoms with Crippen LogP contribution in [0.1, 0.15) is 0 Å². The van der Waals surface area contributed by atoms with Gasteiger partial charge in [-0.3, -0.25) is 0 Å². The van der Waals surface area contributed by atoms with Crippen LogP contribution in [0, 0.1) is 0 Å². The first-order chi connectivity index (χ1) is 11.7. The molecule has 4 rings (SSSR count). The van der Waals surface area contributed by atoms with Gasteiger partial charge in [-0.1, -0.05) is 35.3 Å². The van der Waals surface area contributed by atoms with Crippen molar-refractivity contribution < 1.29 is 0 Å². The summed E-state index contributed by atoms with van der Waals surface area (Å²) in [6.45, 7) is 0. The summed E-state index contributed by atoms with van der Waals surface area (Å²) in [5.41, 5.74) is 1.62. The lowest BCUT2D eigenvalue weighted by Crippen LogP contribution is -1.99. The lowest BCUT2D eigenvalue weighted by atomic mass is 10.2. The Bertz CT molecular complexity index is 1020. The maximum absolute atomic E-state index is 6.16. The normalized spacial score (nSPS) is 10.9. The number of fused-ring (bicyclic) bond motifs is 1. The second kappa shape index (κ2) is 6.07. The zero-order chi connectivity index (χ0) is 16.5. The van der Waals surface area contributed by atoms with Crippen molar-refractivity contribution in [2.45, 2.75) is 0 Å². The second-order valence-electron chi connectivity index (χ2n) is 5.00. The molecule has 3 aromatic heterocycles. The van der Waals surface area contributed by atoms with Gasteiger partial charge in [0.05, 0.1) is 33.6 Å². The molecule has 0 bridgehead atoms. The Morgan fingerprint density at radius 2 is 1.88 bits per heavy atom. The minimum atomic E-state index is 0.421. The minimum absolute atomic E-state index is 0.421. The molecular formula is C16H10Cl2N6. The molecule has 0 spiro atoms. The molecule has 4 aromatic rings. The van der Waals surface area contributed by atoms with Crippen molar-refractivity contribution in [3.05, 3.63) is 65.3 Å². The number of benzene rings is 1. The van der Waals surface area contributed by atoms with E-state index in [-0.39, 0.29) is 0 Å². The molecule has 0 radical (unpaired) electrons. The van der Waals surface area contributed by atoms with Crippen LogP contribution in [-0.4, -0.2) is 24.7 Å². The summed E-state index contributed by atoms with van der Waals surface area (Å²) in [7, 11) is 0. The Labute approximate surface area is 147 Å². The summed E-state index contributed by atoms with van der Waals surface area (Å²) in [5.74, 6) is 1.21. The van der Waals surface area contributed by atoms with Gasteiger partial charge < -0.3 is 5.32 Å². The highest BCUT2D eigenvalue weighted by atomic mass is 35.5. The lowest BCUT2D eigenvalue weighted by molar-refractivity contribution is 0.847. The largest absolute Gasteiger partial charge is 0.337 e. The van der Waals surface area contributed by atoms with Gasteiger partial charge in [0, 0.05) is 11.6 Å². The summed E-state index contributed by atoms with van der Waals surface area (Å²) < 4.78 is 1.57. The van der Waals surface area contributed by atoms with E-state index in [2.05, 4.69) is 25.4 Å². The second-order valence-corrected chi connectivity index (χ2v) is 5.84. The standard InChI is InChI=1S/C16H10Cl2N6/c17-10-5-13(18)16(19-6-10)24-8-11(7-22-24)23-15-12-3-1-2-4-14(12)20-9-21-15/h1-9H,(H,20,21,23). The van der Waals surface area contributed by atoms with E-state index in [0.717, 1.165) is 16.6 Å². The van der Waals surface area contributed by atoms with E-state index in [1.165, 1.54) is 12.5 Å². The molecule has 0 amide bonds. The van der Waals surface area contributed by atoms with E-state index in [1.807, 2.05) is 24.3 Å². The third-order valence-corrected chi connectivity index (χ3v) is 3.88. The van der Waals surface area contributed by atoms with Crippen molar-refractivity contribution in [3.63, 3.8) is 0 Å². The number of para-hydroxylation sites is 1. The number of pyridine rings is 1. The van der Waals surface area contributed by atoms with Crippen molar-refractivity contribution in [2.75, 3.05) is 5.32 Å². The molecule has 24 heavy (non-hydrogen) atoms. The maximum atomic E-state index is 6.16. The van der Waals surface area contributed by atoms with Crippen molar-refractivity contribution in [2.24, 2.45) is 0 Å². The number of anilines is 2. The van der Waals surface area contributed by atoms with E-state index >= 15 is 0 Å². The quantitative estimate of drug-likeness (QED) is 0.593. The van der Waals surface area contributed by atoms with Gasteiger partial charge >= 0.3 is 0 Å². The van der Waals surface area contributed by atoms with Gasteiger partial charge in [-0.2, -0.15) is 5.10 Å². The van der Waals surface area contributed by atoms with Crippen LogP contribution in [0.25, 0.3) is 16.7 Å². The Morgan fingerprint density at radius 1 is 1.00 bits per heavy atom. The van der Waals surface area contributed by atoms with Gasteiger partial charge in [-0.25, -0.2) is 19.6 Å². The molecule has 0 aliphatic rings. The van der Waals surface area contributed by atoms with Crippen molar-refractivity contribution in [1.29, 1.82) is 0 Å². The lowest BCUT2D eigenvalue weighted by Gasteiger charge is -2.06. The van der Waals surface area contributed by atoms with Crippen LogP contribution < -0.4 is 5.32 Å². The summed E-state index contributed by atoms with van der Waals surface area (Å²) in [5, 5.41) is 9.33. The number of nitrogens with zero attached hydrogens (tertiary/aromatic N) is 5. The third kappa shape index (κ3) is 2.77. The van der Waals surface area contributed by atoms with Crippen LogP contribution in [0.3, 0.4) is 0 Å². The SMILES string of the molecule is Clc1cnc(-n2cc(Nc3ncnc4ccccc34)cn2)c(Cl)c1. The highest BCUT2D eigenvalue weighted by Crippen LogP contribution is 2.25. The molecule has 0 saturated heterocycles. The van der Waals surface area contributed by atoms with E-state index in [9.17, 15) is 0 Å². The first-order valence-corrected chi connectivity index (χ1v) is 7.79. The van der Waals surface area contributed by atoms with Crippen molar-refractivity contribution in [1.82, 2.24) is 24.7 Å². The fourth-order valence-corrected chi connectivity index (χ4v) is 2.79. The van der Waals surface area contributed by atoms with Gasteiger partial charge in [0.2, 0.25) is 0 Å². The topological polar surface area (TPSA) is 68.5 Å². The predicted octanol–water partition coefficient (Wildman–Crippen LogP) is 4.26. The summed E-state index contributed by atoms with van der Waals surface area (Å²) in [4.78, 5) is 12.7. The molecular weight excluding hydrogens is 347 g/mol. The van der Waals surface area contributed by atoms with Crippen molar-refractivity contribution in [3.8, 4) is 5.82 Å². The van der Waals surface area contributed by atoms with Gasteiger partial charge in [0.25, 0.3) is 0 Å². The highest BCUT2D eigenvalue weighted by molar-refractivity contribution is 6.35. The summed E-state index contributed by atoms with van der Waals surface area (Å²) in [6, 6.07) is 9.39. The molecule has 0 aliphatic carbocycles. The van der Waals surface area contributed by atoms with Gasteiger partial charge in [-0.15, -0.1) is 0 Å². The molecule has 3 heterocycles. The Kier molecular flexibility index (Phi) is 3.76. The monoisotopic (exact) mass is 356 g/mol. The van der Waals surface area contributed by atoms with Gasteiger partial charge in [0.1, 0.15) is 12.1 Å². The molecule has 1 N–H and O–H groups in total. The smallest absolute Gasteiger partial charge is 0.172 e. The molecule has 0 saturated carbocycles. The van der Waals surface area contributed by atoms with E-state index in [1.54, 1.807) is 23.1 Å². The Morgan fingerprint density at radius 3 is 2.75 bits per heavy atom. The zero-order valence-electron chi connectivity index (χ0n) is 12.2. The molecule has 6 nitrogen and oxygen atoms in total. The van der Waals surface area contributed by atoms with Crippen LogP contribution in [0.2, 0.25) is 10.0 Å². The number of hydrogen-bond acceptors (Lipinski definition) is 5. The highest BCUT2D eigenvalue weighted by Gasteiger charge is 2.09. The van der Waals surface area contributed by atoms with Gasteiger partial charge in [-0.05, 0) is 18.2 Å². The fourth-order valence-electron chi connectivity index (χ4n) is 2.32. The third-order valence-electron chi connectivity index (χ3n) is 3.39. The van der Waals surface area contributed by atoms with E-state index in [0.29, 0.717) is 21.7 Å². The number of halogens is 2. The minimum Gasteiger partial charge on any atom is -0.337 e. The molecule has 0 aliphatic heterocycles. The fraction of sp³-hybridized carbons (Fsp3) is 0. The first kappa shape index (κ1) is 14.9. The van der Waals surface area contributed by atoms with E-state index < -0.39 is 0 Å². The number of hydrogen-bond donors (Lipinski definition) is 1. The maximum Gasteiger partial charge on any atom is 0.172 e. The molecule has 1 aromatic carbocycles. The summed E-state index contributed by atoms with van der Waals surface area (Å²) in [6.07, 6.45) is 6.49. The molecule has 0 fully saturated rings.